The van der Waals surface area contributed by atoms with Crippen molar-refractivity contribution in [3.8, 4) is 0 Å². The molecule has 1 saturated carbocycles. The molecule has 0 aromatic carbocycles. The zero-order valence-corrected chi connectivity index (χ0v) is 10.8. The van der Waals surface area contributed by atoms with Gasteiger partial charge in [0.05, 0.1) is 18.8 Å². The van der Waals surface area contributed by atoms with Crippen LogP contribution in [0, 0.1) is 11.8 Å². The van der Waals surface area contributed by atoms with Crippen molar-refractivity contribution in [2.75, 3.05) is 19.7 Å². The second kappa shape index (κ2) is 5.36. The van der Waals surface area contributed by atoms with Gasteiger partial charge < -0.3 is 14.7 Å². The van der Waals surface area contributed by atoms with Crippen molar-refractivity contribution in [3.05, 3.63) is 0 Å². The van der Waals surface area contributed by atoms with Crippen LogP contribution in [0.4, 0.5) is 0 Å². The molecule has 1 N–H and O–H groups in total. The summed E-state index contributed by atoms with van der Waals surface area (Å²) in [7, 11) is 0. The second-order valence-corrected chi connectivity index (χ2v) is 5.51. The maximum Gasteiger partial charge on any atom is 0.226 e. The van der Waals surface area contributed by atoms with Crippen LogP contribution in [-0.2, 0) is 9.53 Å². The predicted octanol–water partition coefficient (Wildman–Crippen LogP) is 1.03. The minimum Gasteiger partial charge on any atom is -0.394 e. The zero-order valence-electron chi connectivity index (χ0n) is 10.8. The van der Waals surface area contributed by atoms with E-state index in [0.29, 0.717) is 19.0 Å². The third kappa shape index (κ3) is 2.80. The molecule has 2 aliphatic rings. The van der Waals surface area contributed by atoms with Crippen LogP contribution < -0.4 is 0 Å². The lowest BCUT2D eigenvalue weighted by molar-refractivity contribution is -0.152. The second-order valence-electron chi connectivity index (χ2n) is 5.51. The number of carbonyl (C=O) groups excluding carboxylic acids is 1. The lowest BCUT2D eigenvalue weighted by Crippen LogP contribution is -2.52. The molecule has 2 fully saturated rings. The minimum absolute atomic E-state index is 0.00561. The molecule has 0 radical (unpaired) electrons. The van der Waals surface area contributed by atoms with Crippen LogP contribution in [0.15, 0.2) is 0 Å². The molecule has 4 unspecified atom stereocenters. The van der Waals surface area contributed by atoms with E-state index in [1.165, 1.54) is 12.8 Å². The summed E-state index contributed by atoms with van der Waals surface area (Å²) in [6.07, 6.45) is 3.18. The van der Waals surface area contributed by atoms with E-state index in [9.17, 15) is 4.79 Å². The molecule has 1 aliphatic heterocycles. The Morgan fingerprint density at radius 3 is 2.71 bits per heavy atom. The average Bonchev–Trinajstić information content (AvgIpc) is 2.73. The molecular weight excluding hydrogens is 218 g/mol. The van der Waals surface area contributed by atoms with Gasteiger partial charge in [0.1, 0.15) is 0 Å². The van der Waals surface area contributed by atoms with Crippen molar-refractivity contribution in [1.82, 2.24) is 4.90 Å². The third-order valence-corrected chi connectivity index (χ3v) is 4.02. The Hall–Kier alpha value is -0.610. The molecule has 1 heterocycles. The number of nitrogens with zero attached hydrogens (tertiary/aromatic N) is 1. The van der Waals surface area contributed by atoms with Gasteiger partial charge in [-0.25, -0.2) is 0 Å². The van der Waals surface area contributed by atoms with Crippen molar-refractivity contribution in [2.45, 2.75) is 45.3 Å². The van der Waals surface area contributed by atoms with Gasteiger partial charge in [-0.15, -0.1) is 0 Å². The maximum absolute atomic E-state index is 12.4. The monoisotopic (exact) mass is 241 g/mol. The topological polar surface area (TPSA) is 49.8 Å². The molecule has 4 heteroatoms. The van der Waals surface area contributed by atoms with Crippen LogP contribution in [0.3, 0.4) is 0 Å². The molecule has 0 spiro atoms. The van der Waals surface area contributed by atoms with E-state index in [0.717, 1.165) is 6.42 Å². The highest BCUT2D eigenvalue weighted by molar-refractivity contribution is 5.79. The molecule has 17 heavy (non-hydrogen) atoms. The van der Waals surface area contributed by atoms with Crippen LogP contribution in [-0.4, -0.2) is 47.8 Å². The first-order valence-electron chi connectivity index (χ1n) is 6.67. The number of aliphatic hydroxyl groups excluding tert-OH is 1. The molecule has 4 nitrogen and oxygen atoms in total. The van der Waals surface area contributed by atoms with Crippen LogP contribution in [0.2, 0.25) is 0 Å². The fourth-order valence-corrected chi connectivity index (χ4v) is 3.07. The molecule has 4 atom stereocenters. The van der Waals surface area contributed by atoms with Gasteiger partial charge in [0.2, 0.25) is 5.91 Å². The van der Waals surface area contributed by atoms with Crippen molar-refractivity contribution in [1.29, 1.82) is 0 Å². The summed E-state index contributed by atoms with van der Waals surface area (Å²) in [5, 5.41) is 9.16. The molecule has 98 valence electrons. The van der Waals surface area contributed by atoms with E-state index < -0.39 is 0 Å². The van der Waals surface area contributed by atoms with Gasteiger partial charge in [-0.3, -0.25) is 4.79 Å². The fraction of sp³-hybridized carbons (Fsp3) is 0.923. The van der Waals surface area contributed by atoms with Crippen LogP contribution >= 0.6 is 0 Å². The van der Waals surface area contributed by atoms with Crippen molar-refractivity contribution >= 4 is 5.91 Å². The van der Waals surface area contributed by atoms with E-state index in [1.54, 1.807) is 0 Å². The van der Waals surface area contributed by atoms with Gasteiger partial charge in [-0.05, 0) is 25.7 Å². The summed E-state index contributed by atoms with van der Waals surface area (Å²) in [5.74, 6) is 0.969. The number of hydrogen-bond acceptors (Lipinski definition) is 3. The van der Waals surface area contributed by atoms with Gasteiger partial charge in [-0.2, -0.15) is 0 Å². The molecular formula is C13H23NO3. The minimum atomic E-state index is -0.209. The first-order valence-corrected chi connectivity index (χ1v) is 6.67. The smallest absolute Gasteiger partial charge is 0.226 e. The number of hydrogen-bond donors (Lipinski definition) is 1. The SMILES string of the molecule is CC1CN(C(=O)C2CCCC2C)CC(CO)O1. The molecule has 0 aromatic rings. The largest absolute Gasteiger partial charge is 0.394 e. The highest BCUT2D eigenvalue weighted by Crippen LogP contribution is 2.33. The quantitative estimate of drug-likeness (QED) is 0.785. The molecule has 1 saturated heterocycles. The Bertz CT molecular complexity index is 282. The number of ether oxygens (including phenoxy) is 1. The summed E-state index contributed by atoms with van der Waals surface area (Å²) >= 11 is 0. The number of carbonyl (C=O) groups is 1. The molecule has 0 aromatic heterocycles. The Morgan fingerprint density at radius 2 is 2.12 bits per heavy atom. The molecule has 2 rings (SSSR count). The van der Waals surface area contributed by atoms with Crippen molar-refractivity contribution < 1.29 is 14.6 Å². The fourth-order valence-electron chi connectivity index (χ4n) is 3.07. The number of rotatable bonds is 2. The van der Waals surface area contributed by atoms with E-state index in [-0.39, 0.29) is 30.6 Å². The van der Waals surface area contributed by atoms with E-state index >= 15 is 0 Å². The Labute approximate surface area is 103 Å². The Balaban J connectivity index is 1.98. The third-order valence-electron chi connectivity index (χ3n) is 4.02. The summed E-state index contributed by atoms with van der Waals surface area (Å²) in [5.41, 5.74) is 0. The number of morpholine rings is 1. The van der Waals surface area contributed by atoms with Gasteiger partial charge in [-0.1, -0.05) is 13.3 Å². The molecule has 1 aliphatic carbocycles. The standard InChI is InChI=1S/C13H23NO3/c1-9-4-3-5-12(9)13(16)14-6-10(2)17-11(7-14)8-15/h9-12,15H,3-8H2,1-2H3. The van der Waals surface area contributed by atoms with E-state index in [1.807, 2.05) is 11.8 Å². The van der Waals surface area contributed by atoms with Crippen LogP contribution in [0.1, 0.15) is 33.1 Å². The molecule has 0 bridgehead atoms. The summed E-state index contributed by atoms with van der Waals surface area (Å²) in [6.45, 7) is 5.33. The van der Waals surface area contributed by atoms with Gasteiger partial charge in [0.25, 0.3) is 0 Å². The predicted molar refractivity (Wildman–Crippen MR) is 64.5 cm³/mol. The van der Waals surface area contributed by atoms with Gasteiger partial charge in [0.15, 0.2) is 0 Å². The number of aliphatic hydroxyl groups is 1. The Morgan fingerprint density at radius 1 is 1.35 bits per heavy atom. The van der Waals surface area contributed by atoms with Crippen molar-refractivity contribution in [2.24, 2.45) is 11.8 Å². The van der Waals surface area contributed by atoms with E-state index in [2.05, 4.69) is 6.92 Å². The van der Waals surface area contributed by atoms with Crippen LogP contribution in [0.5, 0.6) is 0 Å². The van der Waals surface area contributed by atoms with Gasteiger partial charge in [0, 0.05) is 19.0 Å². The molecule has 1 amide bonds. The highest BCUT2D eigenvalue weighted by atomic mass is 16.5. The first-order chi connectivity index (χ1) is 8.11. The summed E-state index contributed by atoms with van der Waals surface area (Å²) < 4.78 is 5.56. The normalized spacial score (nSPS) is 38.4. The average molecular weight is 241 g/mol. The van der Waals surface area contributed by atoms with Crippen molar-refractivity contribution in [3.63, 3.8) is 0 Å². The summed E-state index contributed by atoms with van der Waals surface area (Å²) in [6, 6.07) is 0. The Kier molecular flexibility index (Phi) is 4.05. The van der Waals surface area contributed by atoms with Crippen LogP contribution in [0.25, 0.3) is 0 Å². The highest BCUT2D eigenvalue weighted by Gasteiger charge is 2.36. The first kappa shape index (κ1) is 12.8. The lowest BCUT2D eigenvalue weighted by Gasteiger charge is -2.37. The summed E-state index contributed by atoms with van der Waals surface area (Å²) in [4.78, 5) is 14.3. The lowest BCUT2D eigenvalue weighted by atomic mass is 9.96. The van der Waals surface area contributed by atoms with Gasteiger partial charge >= 0.3 is 0 Å². The number of amides is 1. The van der Waals surface area contributed by atoms with E-state index in [4.69, 9.17) is 9.84 Å². The maximum atomic E-state index is 12.4. The zero-order chi connectivity index (χ0) is 12.4.